The number of rotatable bonds is 1. The zero-order valence-electron chi connectivity index (χ0n) is 30.0. The molecule has 0 saturated carbocycles. The highest BCUT2D eigenvalue weighted by Crippen LogP contribution is 2.67. The monoisotopic (exact) mass is 692 g/mol. The van der Waals surface area contributed by atoms with Gasteiger partial charge in [0.1, 0.15) is 0 Å². The SMILES string of the molecule is c1ccc2c(c1)-c1ccccc1C21c2cc(-c3cc4ccc5ccccc5c4c4ccccc34)c3ccccc3c2-c2c1c1ccccc1c1ccccc21. The summed E-state index contributed by atoms with van der Waals surface area (Å²) in [6.45, 7) is 0. The molecule has 0 radical (unpaired) electrons. The standard InChI is InChI=1S/C55H32/c1-2-16-35-33(15-1)29-30-34-31-46(38-19-4-7-23-42(38)51(34)35)47-32-50-52(43-24-8-5-20-39(43)47)53-44-25-9-3-17-36(44)37-18-6-10-26-45(37)54(53)55(50)48-27-13-11-21-40(48)41-22-12-14-28-49(41)55/h1-32H. The van der Waals surface area contributed by atoms with Gasteiger partial charge in [0.25, 0.3) is 0 Å². The molecule has 0 N–H and O–H groups in total. The molecule has 0 aliphatic heterocycles. The fourth-order valence-corrected chi connectivity index (χ4v) is 11.0. The van der Waals surface area contributed by atoms with Gasteiger partial charge in [-0.05, 0) is 132 Å². The summed E-state index contributed by atoms with van der Waals surface area (Å²) < 4.78 is 0. The van der Waals surface area contributed by atoms with Crippen LogP contribution in [-0.4, -0.2) is 0 Å². The minimum Gasteiger partial charge on any atom is -0.0619 e. The van der Waals surface area contributed by atoms with Crippen molar-refractivity contribution in [3.05, 3.63) is 216 Å². The molecule has 0 heteroatoms. The van der Waals surface area contributed by atoms with Gasteiger partial charge >= 0.3 is 0 Å². The third-order valence-electron chi connectivity index (χ3n) is 13.0. The summed E-state index contributed by atoms with van der Waals surface area (Å²) in [5.74, 6) is 0. The molecular weight excluding hydrogens is 661 g/mol. The fraction of sp³-hybridized carbons (Fsp3) is 0.0182. The van der Waals surface area contributed by atoms with E-state index in [0.29, 0.717) is 0 Å². The van der Waals surface area contributed by atoms with Gasteiger partial charge in [-0.15, -0.1) is 0 Å². The second-order valence-electron chi connectivity index (χ2n) is 15.4. The second kappa shape index (κ2) is 10.6. The van der Waals surface area contributed by atoms with E-state index >= 15 is 0 Å². The first-order valence-corrected chi connectivity index (χ1v) is 19.4. The maximum Gasteiger partial charge on any atom is 0.0732 e. The van der Waals surface area contributed by atoms with Gasteiger partial charge in [-0.25, -0.2) is 0 Å². The maximum absolute atomic E-state index is 2.61. The van der Waals surface area contributed by atoms with Gasteiger partial charge in [-0.2, -0.15) is 0 Å². The molecular formula is C55H32. The average molecular weight is 693 g/mol. The van der Waals surface area contributed by atoms with Crippen LogP contribution in [0, 0.1) is 0 Å². The van der Waals surface area contributed by atoms with Gasteiger partial charge in [0.2, 0.25) is 0 Å². The van der Waals surface area contributed by atoms with Crippen LogP contribution in [0.15, 0.2) is 194 Å². The predicted molar refractivity (Wildman–Crippen MR) is 233 cm³/mol. The lowest BCUT2D eigenvalue weighted by molar-refractivity contribution is 0.803. The molecule has 0 saturated heterocycles. The molecule has 0 aromatic heterocycles. The molecule has 0 amide bonds. The molecule has 0 fully saturated rings. The molecule has 11 aromatic carbocycles. The van der Waals surface area contributed by atoms with E-state index < -0.39 is 5.41 Å². The second-order valence-corrected chi connectivity index (χ2v) is 15.4. The van der Waals surface area contributed by atoms with Crippen LogP contribution in [0.25, 0.3) is 98.0 Å². The average Bonchev–Trinajstić information content (AvgIpc) is 3.74. The van der Waals surface area contributed by atoms with Crippen LogP contribution in [0.4, 0.5) is 0 Å². The third-order valence-corrected chi connectivity index (χ3v) is 13.0. The van der Waals surface area contributed by atoms with Crippen LogP contribution >= 0.6 is 0 Å². The fourth-order valence-electron chi connectivity index (χ4n) is 11.0. The normalized spacial score (nSPS) is 13.6. The highest BCUT2D eigenvalue weighted by atomic mass is 14.5. The van der Waals surface area contributed by atoms with Crippen molar-refractivity contribution in [2.45, 2.75) is 5.41 Å². The van der Waals surface area contributed by atoms with Crippen molar-refractivity contribution in [1.29, 1.82) is 0 Å². The summed E-state index contributed by atoms with van der Waals surface area (Å²) in [5.41, 5.74) is 12.9. The molecule has 55 heavy (non-hydrogen) atoms. The smallest absolute Gasteiger partial charge is 0.0619 e. The Bertz CT molecular complexity index is 3440. The molecule has 0 unspecified atom stereocenters. The molecule has 0 heterocycles. The minimum atomic E-state index is -0.511. The Morgan fingerprint density at radius 1 is 0.255 bits per heavy atom. The number of hydrogen-bond acceptors (Lipinski definition) is 0. The van der Waals surface area contributed by atoms with Gasteiger partial charge in [-0.3, -0.25) is 0 Å². The van der Waals surface area contributed by atoms with Gasteiger partial charge < -0.3 is 0 Å². The van der Waals surface area contributed by atoms with Crippen molar-refractivity contribution in [1.82, 2.24) is 0 Å². The maximum atomic E-state index is 2.61. The third kappa shape index (κ3) is 3.58. The molecule has 2 aliphatic rings. The van der Waals surface area contributed by atoms with Gasteiger partial charge in [-0.1, -0.05) is 182 Å². The molecule has 0 bridgehead atoms. The Morgan fingerprint density at radius 2 is 0.709 bits per heavy atom. The quantitative estimate of drug-likeness (QED) is 0.150. The van der Waals surface area contributed by atoms with E-state index in [4.69, 9.17) is 0 Å². The molecule has 0 nitrogen and oxygen atoms in total. The van der Waals surface area contributed by atoms with Crippen molar-refractivity contribution in [2.24, 2.45) is 0 Å². The van der Waals surface area contributed by atoms with Crippen molar-refractivity contribution in [2.75, 3.05) is 0 Å². The summed E-state index contributed by atoms with van der Waals surface area (Å²) in [6.07, 6.45) is 0. The lowest BCUT2D eigenvalue weighted by Crippen LogP contribution is -2.26. The van der Waals surface area contributed by atoms with Crippen LogP contribution in [-0.2, 0) is 5.41 Å². The summed E-state index contributed by atoms with van der Waals surface area (Å²) >= 11 is 0. The van der Waals surface area contributed by atoms with Gasteiger partial charge in [0.05, 0.1) is 5.41 Å². The summed E-state index contributed by atoms with van der Waals surface area (Å²) in [4.78, 5) is 0. The lowest BCUT2D eigenvalue weighted by atomic mass is 9.68. The van der Waals surface area contributed by atoms with Crippen molar-refractivity contribution in [3.63, 3.8) is 0 Å². The minimum absolute atomic E-state index is 0.511. The van der Waals surface area contributed by atoms with Gasteiger partial charge in [0, 0.05) is 0 Å². The van der Waals surface area contributed by atoms with E-state index in [1.54, 1.807) is 0 Å². The zero-order valence-corrected chi connectivity index (χ0v) is 30.0. The molecule has 0 atom stereocenters. The van der Waals surface area contributed by atoms with Gasteiger partial charge in [0.15, 0.2) is 0 Å². The van der Waals surface area contributed by atoms with E-state index in [2.05, 4.69) is 194 Å². The van der Waals surface area contributed by atoms with Crippen molar-refractivity contribution < 1.29 is 0 Å². The summed E-state index contributed by atoms with van der Waals surface area (Å²) in [6, 6.07) is 73.4. The largest absolute Gasteiger partial charge is 0.0732 e. The molecule has 11 aromatic rings. The van der Waals surface area contributed by atoms with Crippen LogP contribution in [0.3, 0.4) is 0 Å². The molecule has 2 aliphatic carbocycles. The molecule has 252 valence electrons. The van der Waals surface area contributed by atoms with Crippen LogP contribution in [0.2, 0.25) is 0 Å². The van der Waals surface area contributed by atoms with E-state index in [1.807, 2.05) is 0 Å². The summed E-state index contributed by atoms with van der Waals surface area (Å²) in [7, 11) is 0. The lowest BCUT2D eigenvalue weighted by Gasteiger charge is -2.32. The van der Waals surface area contributed by atoms with Crippen LogP contribution in [0.1, 0.15) is 22.3 Å². The zero-order chi connectivity index (χ0) is 35.8. The summed E-state index contributed by atoms with van der Waals surface area (Å²) in [5, 5.41) is 15.6. The van der Waals surface area contributed by atoms with E-state index in [9.17, 15) is 0 Å². The first-order chi connectivity index (χ1) is 27.3. The van der Waals surface area contributed by atoms with Crippen LogP contribution in [0.5, 0.6) is 0 Å². The first-order valence-electron chi connectivity index (χ1n) is 19.4. The van der Waals surface area contributed by atoms with E-state index in [-0.39, 0.29) is 0 Å². The Morgan fingerprint density at radius 3 is 1.40 bits per heavy atom. The highest BCUT2D eigenvalue weighted by molar-refractivity contribution is 6.27. The number of hydrogen-bond donors (Lipinski definition) is 0. The van der Waals surface area contributed by atoms with Crippen molar-refractivity contribution in [3.8, 4) is 33.4 Å². The topological polar surface area (TPSA) is 0 Å². The van der Waals surface area contributed by atoms with E-state index in [1.165, 1.54) is 120 Å². The Balaban J connectivity index is 1.27. The Kier molecular flexibility index (Phi) is 5.65. The van der Waals surface area contributed by atoms with Crippen molar-refractivity contribution >= 4 is 64.6 Å². The first kappa shape index (κ1) is 29.4. The van der Waals surface area contributed by atoms with E-state index in [0.717, 1.165) is 0 Å². The predicted octanol–water partition coefficient (Wildman–Crippen LogP) is 14.6. The number of fused-ring (bicyclic) bond motifs is 22. The Hall–Kier alpha value is -7.02. The number of benzene rings is 11. The molecule has 13 rings (SSSR count). The molecule has 1 spiro atoms. The Labute approximate surface area is 318 Å². The highest BCUT2D eigenvalue weighted by Gasteiger charge is 2.53. The van der Waals surface area contributed by atoms with Crippen LogP contribution < -0.4 is 0 Å².